The molecule has 0 radical (unpaired) electrons. The number of nitrogens with zero attached hydrogens (tertiary/aromatic N) is 1. The summed E-state index contributed by atoms with van der Waals surface area (Å²) < 4.78 is 65.1. The van der Waals surface area contributed by atoms with Crippen molar-refractivity contribution in [3.05, 3.63) is 28.8 Å². The van der Waals surface area contributed by atoms with Crippen molar-refractivity contribution in [1.82, 2.24) is 9.62 Å². The maximum absolute atomic E-state index is 12.9. The lowest BCUT2D eigenvalue weighted by Gasteiger charge is -2.31. The largest absolute Gasteiger partial charge is 0.417 e. The Hall–Kier alpha value is -1.32. The van der Waals surface area contributed by atoms with E-state index in [0.717, 1.165) is 25.0 Å². The van der Waals surface area contributed by atoms with Crippen LogP contribution < -0.4 is 4.72 Å². The first-order valence-corrected chi connectivity index (χ1v) is 10.0. The van der Waals surface area contributed by atoms with Gasteiger partial charge in [0.1, 0.15) is 0 Å². The molecule has 1 saturated heterocycles. The van der Waals surface area contributed by atoms with Crippen molar-refractivity contribution in [3.63, 3.8) is 0 Å². The molecule has 1 unspecified atom stereocenters. The molecule has 1 N–H and O–H groups in total. The van der Waals surface area contributed by atoms with Gasteiger partial charge in [0.05, 0.1) is 15.5 Å². The average Bonchev–Trinajstić information content (AvgIpc) is 2.53. The van der Waals surface area contributed by atoms with Gasteiger partial charge in [-0.05, 0) is 37.0 Å². The molecule has 146 valence electrons. The summed E-state index contributed by atoms with van der Waals surface area (Å²) in [6, 6.07) is 2.37. The number of likely N-dealkylation sites (tertiary alicyclic amines) is 1. The van der Waals surface area contributed by atoms with E-state index in [-0.39, 0.29) is 18.9 Å². The number of carbonyl (C=O) groups excluding carboxylic acids is 1. The maximum Gasteiger partial charge on any atom is 0.417 e. The van der Waals surface area contributed by atoms with E-state index in [9.17, 15) is 26.4 Å². The van der Waals surface area contributed by atoms with Gasteiger partial charge in [-0.25, -0.2) is 13.1 Å². The predicted octanol–water partition coefficient (Wildman–Crippen LogP) is 3.29. The number of hydrogen-bond donors (Lipinski definition) is 1. The molecule has 1 aliphatic rings. The van der Waals surface area contributed by atoms with Gasteiger partial charge >= 0.3 is 6.18 Å². The van der Waals surface area contributed by atoms with Crippen LogP contribution in [-0.4, -0.2) is 38.9 Å². The molecule has 1 aromatic carbocycles. The quantitative estimate of drug-likeness (QED) is 0.807. The van der Waals surface area contributed by atoms with E-state index in [2.05, 4.69) is 4.72 Å². The van der Waals surface area contributed by atoms with Crippen molar-refractivity contribution < 1.29 is 26.4 Å². The SMILES string of the molecule is CC1CCCN(C(=O)CCNS(=O)(=O)c2ccc(Cl)c(C(F)(F)F)c2)C1. The minimum Gasteiger partial charge on any atom is -0.342 e. The number of halogens is 4. The zero-order chi connectivity index (χ0) is 19.5. The van der Waals surface area contributed by atoms with Gasteiger partial charge in [-0.15, -0.1) is 0 Å². The number of hydrogen-bond acceptors (Lipinski definition) is 3. The van der Waals surface area contributed by atoms with Gasteiger partial charge in [-0.3, -0.25) is 4.79 Å². The standard InChI is InChI=1S/C16H20ClF3N2O3S/c1-11-3-2-8-22(10-11)15(23)6-7-21-26(24,25)12-4-5-14(17)13(9-12)16(18,19)20/h4-5,9,11,21H,2-3,6-8,10H2,1H3. The van der Waals surface area contributed by atoms with E-state index in [1.807, 2.05) is 6.92 Å². The molecule has 1 heterocycles. The Balaban J connectivity index is 2.00. The summed E-state index contributed by atoms with van der Waals surface area (Å²) in [6.07, 6.45) is -2.85. The molecule has 0 bridgehead atoms. The molecule has 0 spiro atoms. The van der Waals surface area contributed by atoms with Crippen LogP contribution in [0.4, 0.5) is 13.2 Å². The molecule has 5 nitrogen and oxygen atoms in total. The second-order valence-electron chi connectivity index (χ2n) is 6.37. The molecule has 26 heavy (non-hydrogen) atoms. The second kappa shape index (κ2) is 8.14. The Kier molecular flexibility index (Phi) is 6.57. The first kappa shape index (κ1) is 21.0. The molecule has 1 aromatic rings. The lowest BCUT2D eigenvalue weighted by molar-refractivity contribution is -0.137. The zero-order valence-corrected chi connectivity index (χ0v) is 15.7. The van der Waals surface area contributed by atoms with E-state index in [1.54, 1.807) is 4.90 Å². The van der Waals surface area contributed by atoms with Crippen molar-refractivity contribution in [2.24, 2.45) is 5.92 Å². The highest BCUT2D eigenvalue weighted by Crippen LogP contribution is 2.35. The van der Waals surface area contributed by atoms with E-state index in [4.69, 9.17) is 11.6 Å². The number of amides is 1. The molecule has 1 fully saturated rings. The minimum atomic E-state index is -4.76. The number of piperidine rings is 1. The number of nitrogens with one attached hydrogen (secondary N) is 1. The Labute approximate surface area is 155 Å². The molecule has 0 aliphatic carbocycles. The van der Waals surface area contributed by atoms with Crippen molar-refractivity contribution in [2.45, 2.75) is 37.3 Å². The van der Waals surface area contributed by atoms with Crippen LogP contribution in [0.1, 0.15) is 31.7 Å². The van der Waals surface area contributed by atoms with Crippen LogP contribution in [0.2, 0.25) is 5.02 Å². The van der Waals surface area contributed by atoms with Gasteiger partial charge in [-0.2, -0.15) is 13.2 Å². The third-order valence-electron chi connectivity index (χ3n) is 4.19. The van der Waals surface area contributed by atoms with Crippen LogP contribution in [0.15, 0.2) is 23.1 Å². The fourth-order valence-electron chi connectivity index (χ4n) is 2.84. The third kappa shape index (κ3) is 5.34. The first-order valence-electron chi connectivity index (χ1n) is 8.15. The summed E-state index contributed by atoms with van der Waals surface area (Å²) >= 11 is 5.49. The Morgan fingerprint density at radius 2 is 2.08 bits per heavy atom. The van der Waals surface area contributed by atoms with E-state index in [1.165, 1.54) is 0 Å². The van der Waals surface area contributed by atoms with Gasteiger partial charge in [0.25, 0.3) is 0 Å². The third-order valence-corrected chi connectivity index (χ3v) is 5.98. The number of benzene rings is 1. The number of carbonyl (C=O) groups is 1. The average molecular weight is 413 g/mol. The summed E-state index contributed by atoms with van der Waals surface area (Å²) in [5.74, 6) is 0.227. The van der Waals surface area contributed by atoms with Gasteiger partial charge in [0.2, 0.25) is 15.9 Å². The van der Waals surface area contributed by atoms with Crippen LogP contribution in [-0.2, 0) is 21.0 Å². The van der Waals surface area contributed by atoms with Crippen LogP contribution >= 0.6 is 11.6 Å². The number of rotatable bonds is 5. The van der Waals surface area contributed by atoms with Crippen LogP contribution in [0.5, 0.6) is 0 Å². The van der Waals surface area contributed by atoms with Gasteiger partial charge in [0.15, 0.2) is 0 Å². The van der Waals surface area contributed by atoms with E-state index < -0.39 is 31.7 Å². The normalized spacial score (nSPS) is 18.8. The molecule has 1 atom stereocenters. The summed E-state index contributed by atoms with van der Waals surface area (Å²) in [7, 11) is -4.18. The maximum atomic E-state index is 12.9. The number of alkyl halides is 3. The van der Waals surface area contributed by atoms with Gasteiger partial charge in [0, 0.05) is 26.1 Å². The number of sulfonamides is 1. The molecule has 0 saturated carbocycles. The monoisotopic (exact) mass is 412 g/mol. The molecular formula is C16H20ClF3N2O3S. The molecule has 10 heteroatoms. The molecular weight excluding hydrogens is 393 g/mol. The van der Waals surface area contributed by atoms with Crippen LogP contribution in [0.3, 0.4) is 0 Å². The zero-order valence-electron chi connectivity index (χ0n) is 14.1. The second-order valence-corrected chi connectivity index (χ2v) is 8.55. The van der Waals surface area contributed by atoms with Crippen LogP contribution in [0.25, 0.3) is 0 Å². The predicted molar refractivity (Wildman–Crippen MR) is 91.2 cm³/mol. The summed E-state index contributed by atoms with van der Waals surface area (Å²) in [4.78, 5) is 13.3. The van der Waals surface area contributed by atoms with Crippen LogP contribution in [0, 0.1) is 5.92 Å². The van der Waals surface area contributed by atoms with E-state index in [0.29, 0.717) is 25.1 Å². The first-order chi connectivity index (χ1) is 12.0. The highest BCUT2D eigenvalue weighted by molar-refractivity contribution is 7.89. The Morgan fingerprint density at radius 1 is 1.38 bits per heavy atom. The lowest BCUT2D eigenvalue weighted by atomic mass is 10.0. The molecule has 0 aromatic heterocycles. The fourth-order valence-corrected chi connectivity index (χ4v) is 4.12. The molecule has 1 aliphatic heterocycles. The lowest BCUT2D eigenvalue weighted by Crippen LogP contribution is -2.40. The Morgan fingerprint density at radius 3 is 2.69 bits per heavy atom. The topological polar surface area (TPSA) is 66.5 Å². The smallest absolute Gasteiger partial charge is 0.342 e. The summed E-state index contributed by atoms with van der Waals surface area (Å²) in [5, 5.41) is -0.578. The highest BCUT2D eigenvalue weighted by Gasteiger charge is 2.34. The van der Waals surface area contributed by atoms with Crippen molar-refractivity contribution in [2.75, 3.05) is 19.6 Å². The highest BCUT2D eigenvalue weighted by atomic mass is 35.5. The fraction of sp³-hybridized carbons (Fsp3) is 0.562. The minimum absolute atomic E-state index is 0.0499. The van der Waals surface area contributed by atoms with E-state index >= 15 is 0 Å². The summed E-state index contributed by atoms with van der Waals surface area (Å²) in [6.45, 7) is 3.14. The molecule has 1 amide bonds. The molecule has 2 rings (SSSR count). The van der Waals surface area contributed by atoms with Crippen molar-refractivity contribution in [3.8, 4) is 0 Å². The summed E-state index contributed by atoms with van der Waals surface area (Å²) in [5.41, 5.74) is -1.22. The Bertz CT molecular complexity index is 768. The van der Waals surface area contributed by atoms with Gasteiger partial charge in [-0.1, -0.05) is 18.5 Å². The van der Waals surface area contributed by atoms with Gasteiger partial charge < -0.3 is 4.90 Å². The van der Waals surface area contributed by atoms with Crippen molar-refractivity contribution >= 4 is 27.5 Å². The van der Waals surface area contributed by atoms with Crippen molar-refractivity contribution in [1.29, 1.82) is 0 Å².